The Morgan fingerprint density at radius 1 is 0.931 bits per heavy atom. The van der Waals surface area contributed by atoms with Gasteiger partial charge in [0, 0.05) is 38.5 Å². The number of nitrogens with one attached hydrogen (secondary N) is 1. The lowest BCUT2D eigenvalue weighted by Crippen LogP contribution is -2.48. The van der Waals surface area contributed by atoms with Gasteiger partial charge in [-0.15, -0.1) is 10.2 Å². The van der Waals surface area contributed by atoms with Crippen LogP contribution in [0.2, 0.25) is 0 Å². The highest BCUT2D eigenvalue weighted by molar-refractivity contribution is 5.91. The van der Waals surface area contributed by atoms with E-state index >= 15 is 0 Å². The number of carbonyl (C=O) groups is 1. The van der Waals surface area contributed by atoms with E-state index < -0.39 is 0 Å². The number of piperazine rings is 1. The second-order valence-corrected chi connectivity index (χ2v) is 6.70. The van der Waals surface area contributed by atoms with Gasteiger partial charge in [-0.3, -0.25) is 9.78 Å². The summed E-state index contributed by atoms with van der Waals surface area (Å²) in [5.41, 5.74) is 1.89. The van der Waals surface area contributed by atoms with Gasteiger partial charge in [0.15, 0.2) is 11.6 Å². The van der Waals surface area contributed by atoms with Gasteiger partial charge >= 0.3 is 0 Å². The minimum atomic E-state index is 0.0376. The molecule has 1 amide bonds. The molecule has 4 rings (SSSR count). The van der Waals surface area contributed by atoms with Crippen molar-refractivity contribution < 1.29 is 4.79 Å². The van der Waals surface area contributed by atoms with Gasteiger partial charge < -0.3 is 15.1 Å². The van der Waals surface area contributed by atoms with Gasteiger partial charge in [0.05, 0.1) is 11.9 Å². The van der Waals surface area contributed by atoms with Crippen molar-refractivity contribution in [3.63, 3.8) is 0 Å². The number of hydrogen-bond acceptors (Lipinski definition) is 6. The fourth-order valence-corrected chi connectivity index (χ4v) is 3.14. The van der Waals surface area contributed by atoms with Crippen molar-refractivity contribution in [3.8, 4) is 0 Å². The number of amides is 1. The quantitative estimate of drug-likeness (QED) is 0.680. The maximum absolute atomic E-state index is 12.4. The monoisotopic (exact) mass is 386 g/mol. The summed E-state index contributed by atoms with van der Waals surface area (Å²) in [7, 11) is 0. The average Bonchev–Trinajstić information content (AvgIpc) is 2.79. The summed E-state index contributed by atoms with van der Waals surface area (Å²) < 4.78 is 0. The first-order valence-corrected chi connectivity index (χ1v) is 9.56. The van der Waals surface area contributed by atoms with E-state index in [0.717, 1.165) is 30.2 Å². The van der Waals surface area contributed by atoms with Gasteiger partial charge in [0.1, 0.15) is 0 Å². The standard InChI is InChI=1S/C22H22N6O/c29-22(11-8-18-5-2-1-3-6-18)28-15-13-27(14-16-28)21-10-9-20(25-26-21)24-19-7-4-12-23-17-19/h1-12,17H,13-16H2,(H,24,25)/b11-8+. The third-order valence-electron chi connectivity index (χ3n) is 4.72. The minimum Gasteiger partial charge on any atom is -0.352 e. The molecule has 29 heavy (non-hydrogen) atoms. The third kappa shape index (κ3) is 4.95. The number of carbonyl (C=O) groups excluding carboxylic acids is 1. The SMILES string of the molecule is O=C(/C=C/c1ccccc1)N1CCN(c2ccc(Nc3cccnc3)nn2)CC1. The molecule has 3 heterocycles. The van der Waals surface area contributed by atoms with Gasteiger partial charge in [0.2, 0.25) is 5.91 Å². The molecule has 0 atom stereocenters. The number of pyridine rings is 1. The van der Waals surface area contributed by atoms with Crippen molar-refractivity contribution in [2.45, 2.75) is 0 Å². The lowest BCUT2D eigenvalue weighted by atomic mass is 10.2. The molecule has 1 N–H and O–H groups in total. The highest BCUT2D eigenvalue weighted by atomic mass is 16.2. The second kappa shape index (κ2) is 8.97. The van der Waals surface area contributed by atoms with Crippen molar-refractivity contribution in [2.24, 2.45) is 0 Å². The smallest absolute Gasteiger partial charge is 0.246 e. The van der Waals surface area contributed by atoms with Gasteiger partial charge in [-0.2, -0.15) is 0 Å². The van der Waals surface area contributed by atoms with Gasteiger partial charge in [-0.1, -0.05) is 30.3 Å². The first-order valence-electron chi connectivity index (χ1n) is 9.56. The Kier molecular flexibility index (Phi) is 5.76. The van der Waals surface area contributed by atoms with E-state index in [-0.39, 0.29) is 5.91 Å². The molecule has 1 aromatic carbocycles. The highest BCUT2D eigenvalue weighted by Gasteiger charge is 2.20. The zero-order valence-corrected chi connectivity index (χ0v) is 16.0. The van der Waals surface area contributed by atoms with Gasteiger partial charge in [0.25, 0.3) is 0 Å². The molecular weight excluding hydrogens is 364 g/mol. The fourth-order valence-electron chi connectivity index (χ4n) is 3.14. The summed E-state index contributed by atoms with van der Waals surface area (Å²) in [6.07, 6.45) is 6.96. The Balaban J connectivity index is 1.30. The summed E-state index contributed by atoms with van der Waals surface area (Å²) in [5, 5.41) is 11.7. The van der Waals surface area contributed by atoms with Crippen LogP contribution >= 0.6 is 0 Å². The van der Waals surface area contributed by atoms with Crippen LogP contribution in [0.5, 0.6) is 0 Å². The van der Waals surface area contributed by atoms with Crippen LogP contribution in [0, 0.1) is 0 Å². The highest BCUT2D eigenvalue weighted by Crippen LogP contribution is 2.17. The van der Waals surface area contributed by atoms with E-state index in [2.05, 4.69) is 25.4 Å². The van der Waals surface area contributed by atoms with Crippen LogP contribution in [-0.2, 0) is 4.79 Å². The number of benzene rings is 1. The molecule has 3 aromatic rings. The molecule has 7 nitrogen and oxygen atoms in total. The molecular formula is C22H22N6O. The van der Waals surface area contributed by atoms with E-state index in [1.807, 2.05) is 65.6 Å². The Hall–Kier alpha value is -3.74. The van der Waals surface area contributed by atoms with E-state index in [1.54, 1.807) is 18.5 Å². The van der Waals surface area contributed by atoms with Crippen molar-refractivity contribution in [1.82, 2.24) is 20.1 Å². The van der Waals surface area contributed by atoms with Crippen LogP contribution < -0.4 is 10.2 Å². The molecule has 0 spiro atoms. The molecule has 0 unspecified atom stereocenters. The summed E-state index contributed by atoms with van der Waals surface area (Å²) >= 11 is 0. The molecule has 0 aliphatic carbocycles. The first-order chi connectivity index (χ1) is 14.3. The van der Waals surface area contributed by atoms with Crippen LogP contribution in [0.1, 0.15) is 5.56 Å². The van der Waals surface area contributed by atoms with Gasteiger partial charge in [-0.25, -0.2) is 0 Å². The first kappa shape index (κ1) is 18.6. The van der Waals surface area contributed by atoms with E-state index in [1.165, 1.54) is 0 Å². The normalized spacial score (nSPS) is 14.2. The Bertz CT molecular complexity index is 952. The van der Waals surface area contributed by atoms with Crippen molar-refractivity contribution in [2.75, 3.05) is 36.4 Å². The summed E-state index contributed by atoms with van der Waals surface area (Å²) in [6, 6.07) is 17.5. The van der Waals surface area contributed by atoms with Crippen LogP contribution in [0.25, 0.3) is 6.08 Å². The molecule has 0 saturated carbocycles. The second-order valence-electron chi connectivity index (χ2n) is 6.70. The van der Waals surface area contributed by atoms with Crippen LogP contribution in [0.4, 0.5) is 17.3 Å². The Morgan fingerprint density at radius 2 is 1.76 bits per heavy atom. The van der Waals surface area contributed by atoms with E-state index in [9.17, 15) is 4.79 Å². The summed E-state index contributed by atoms with van der Waals surface area (Å²) in [5.74, 6) is 1.52. The molecule has 1 aliphatic rings. The summed E-state index contributed by atoms with van der Waals surface area (Å²) in [4.78, 5) is 20.5. The van der Waals surface area contributed by atoms with Gasteiger partial charge in [-0.05, 0) is 35.9 Å². The Morgan fingerprint density at radius 3 is 2.45 bits per heavy atom. The fraction of sp³-hybridized carbons (Fsp3) is 0.182. The molecule has 146 valence electrons. The number of hydrogen-bond donors (Lipinski definition) is 1. The molecule has 2 aromatic heterocycles. The molecule has 0 radical (unpaired) electrons. The largest absolute Gasteiger partial charge is 0.352 e. The average molecular weight is 386 g/mol. The predicted molar refractivity (Wildman–Crippen MR) is 114 cm³/mol. The van der Waals surface area contributed by atoms with Crippen LogP contribution in [0.3, 0.4) is 0 Å². The summed E-state index contributed by atoms with van der Waals surface area (Å²) in [6.45, 7) is 2.79. The molecule has 0 bridgehead atoms. The zero-order valence-electron chi connectivity index (χ0n) is 16.0. The number of aromatic nitrogens is 3. The minimum absolute atomic E-state index is 0.0376. The molecule has 7 heteroatoms. The lowest BCUT2D eigenvalue weighted by molar-refractivity contribution is -0.126. The lowest BCUT2D eigenvalue weighted by Gasteiger charge is -2.34. The van der Waals surface area contributed by atoms with E-state index in [4.69, 9.17) is 0 Å². The maximum Gasteiger partial charge on any atom is 0.246 e. The van der Waals surface area contributed by atoms with Crippen molar-refractivity contribution >= 4 is 29.3 Å². The number of rotatable bonds is 5. The topological polar surface area (TPSA) is 74.2 Å². The van der Waals surface area contributed by atoms with E-state index in [0.29, 0.717) is 18.9 Å². The predicted octanol–water partition coefficient (Wildman–Crippen LogP) is 2.98. The molecule has 1 saturated heterocycles. The number of anilines is 3. The Labute approximate surface area is 169 Å². The zero-order chi connectivity index (χ0) is 19.9. The van der Waals surface area contributed by atoms with Crippen LogP contribution in [-0.4, -0.2) is 52.2 Å². The number of nitrogens with zero attached hydrogens (tertiary/aromatic N) is 5. The van der Waals surface area contributed by atoms with Crippen LogP contribution in [0.15, 0.2) is 73.1 Å². The molecule has 1 aliphatic heterocycles. The maximum atomic E-state index is 12.4. The van der Waals surface area contributed by atoms with Crippen molar-refractivity contribution in [1.29, 1.82) is 0 Å². The third-order valence-corrected chi connectivity index (χ3v) is 4.72. The molecule has 1 fully saturated rings. The van der Waals surface area contributed by atoms with Crippen molar-refractivity contribution in [3.05, 3.63) is 78.6 Å².